The Bertz CT molecular complexity index is 1180. The predicted molar refractivity (Wildman–Crippen MR) is 129 cm³/mol. The van der Waals surface area contributed by atoms with Crippen molar-refractivity contribution in [3.8, 4) is 5.75 Å². The van der Waals surface area contributed by atoms with Crippen LogP contribution in [0.15, 0.2) is 65.3 Å². The Kier molecular flexibility index (Phi) is 6.14. The van der Waals surface area contributed by atoms with Gasteiger partial charge in [0.1, 0.15) is 5.75 Å². The zero-order chi connectivity index (χ0) is 23.7. The van der Waals surface area contributed by atoms with Gasteiger partial charge in [-0.3, -0.25) is 9.59 Å². The minimum atomic E-state index is -0.598. The van der Waals surface area contributed by atoms with Gasteiger partial charge in [-0.1, -0.05) is 35.9 Å². The number of nitrogens with zero attached hydrogens (tertiary/aromatic N) is 1. The van der Waals surface area contributed by atoms with Crippen molar-refractivity contribution in [2.75, 3.05) is 13.1 Å². The van der Waals surface area contributed by atoms with E-state index < -0.39 is 6.10 Å². The molecule has 6 heteroatoms. The lowest BCUT2D eigenvalue weighted by atomic mass is 9.87. The van der Waals surface area contributed by atoms with Crippen LogP contribution >= 0.6 is 0 Å². The van der Waals surface area contributed by atoms with Crippen molar-refractivity contribution < 1.29 is 18.7 Å². The molecule has 1 aliphatic carbocycles. The molecule has 2 aromatic carbocycles. The topological polar surface area (TPSA) is 71.8 Å². The number of hydrogen-bond acceptors (Lipinski definition) is 4. The van der Waals surface area contributed by atoms with Crippen molar-refractivity contribution in [1.82, 2.24) is 10.2 Å². The average Bonchev–Trinajstić information content (AvgIpc) is 3.51. The Balaban J connectivity index is 1.45. The highest BCUT2D eigenvalue weighted by Gasteiger charge is 2.34. The lowest BCUT2D eigenvalue weighted by molar-refractivity contribution is -0.127. The highest BCUT2D eigenvalue weighted by molar-refractivity contribution is 5.92. The zero-order valence-electron chi connectivity index (χ0n) is 19.6. The molecule has 1 aliphatic heterocycles. The van der Waals surface area contributed by atoms with E-state index in [1.807, 2.05) is 36.1 Å². The number of rotatable bonds is 7. The third kappa shape index (κ3) is 4.72. The maximum atomic E-state index is 13.4. The van der Waals surface area contributed by atoms with E-state index in [4.69, 9.17) is 9.15 Å². The van der Waals surface area contributed by atoms with Crippen LogP contribution in [0.25, 0.3) is 0 Å². The molecule has 2 amide bonds. The number of nitrogens with one attached hydrogen (secondary N) is 1. The highest BCUT2D eigenvalue weighted by Crippen LogP contribution is 2.38. The fraction of sp³-hybridized carbons (Fsp3) is 0.357. The van der Waals surface area contributed by atoms with Gasteiger partial charge in [-0.2, -0.15) is 0 Å². The summed E-state index contributed by atoms with van der Waals surface area (Å²) in [4.78, 5) is 27.7. The average molecular weight is 459 g/mol. The largest absolute Gasteiger partial charge is 0.481 e. The number of carbonyl (C=O) groups is 2. The number of amides is 2. The van der Waals surface area contributed by atoms with Gasteiger partial charge in [0.25, 0.3) is 11.8 Å². The van der Waals surface area contributed by atoms with Crippen LogP contribution < -0.4 is 10.1 Å². The second-order valence-corrected chi connectivity index (χ2v) is 9.35. The second kappa shape index (κ2) is 9.37. The molecule has 0 spiro atoms. The molecule has 2 aliphatic rings. The van der Waals surface area contributed by atoms with Crippen molar-refractivity contribution in [2.24, 2.45) is 5.92 Å². The van der Waals surface area contributed by atoms with Gasteiger partial charge < -0.3 is 19.4 Å². The minimum Gasteiger partial charge on any atom is -0.481 e. The third-order valence-electron chi connectivity index (χ3n) is 6.64. The number of furan rings is 1. The number of fused-ring (bicyclic) bond motifs is 1. The second-order valence-electron chi connectivity index (χ2n) is 9.35. The molecule has 0 bridgehead atoms. The summed E-state index contributed by atoms with van der Waals surface area (Å²) in [5.41, 5.74) is 4.35. The molecular weight excluding hydrogens is 428 g/mol. The third-order valence-corrected chi connectivity index (χ3v) is 6.64. The minimum absolute atomic E-state index is 0.102. The van der Waals surface area contributed by atoms with Crippen LogP contribution in [0, 0.1) is 12.8 Å². The first-order valence-corrected chi connectivity index (χ1v) is 12.0. The smallest absolute Gasteiger partial charge is 0.290 e. The number of hydrogen-bond donors (Lipinski definition) is 1. The normalized spacial score (nSPS) is 18.2. The molecule has 1 saturated carbocycles. The molecule has 34 heavy (non-hydrogen) atoms. The number of carbonyl (C=O) groups excluding carboxylic acids is 2. The van der Waals surface area contributed by atoms with E-state index in [0.717, 1.165) is 29.7 Å². The van der Waals surface area contributed by atoms with Gasteiger partial charge in [-0.25, -0.2) is 0 Å². The molecule has 5 rings (SSSR count). The zero-order valence-corrected chi connectivity index (χ0v) is 19.6. The van der Waals surface area contributed by atoms with Crippen molar-refractivity contribution in [3.05, 3.63) is 88.9 Å². The van der Waals surface area contributed by atoms with E-state index in [1.165, 1.54) is 24.7 Å². The number of benzene rings is 2. The fourth-order valence-electron chi connectivity index (χ4n) is 4.60. The van der Waals surface area contributed by atoms with E-state index in [-0.39, 0.29) is 17.9 Å². The molecular formula is C28H30N2O4. The lowest BCUT2D eigenvalue weighted by Crippen LogP contribution is -2.40. The molecule has 2 heterocycles. The molecule has 6 nitrogen and oxygen atoms in total. The Morgan fingerprint density at radius 1 is 1.15 bits per heavy atom. The van der Waals surface area contributed by atoms with Crippen molar-refractivity contribution in [2.45, 2.75) is 45.3 Å². The van der Waals surface area contributed by atoms with Crippen LogP contribution in [0.5, 0.6) is 5.75 Å². The summed E-state index contributed by atoms with van der Waals surface area (Å²) in [5, 5.41) is 2.98. The summed E-state index contributed by atoms with van der Waals surface area (Å²) in [6.45, 7) is 5.13. The van der Waals surface area contributed by atoms with Crippen LogP contribution in [0.4, 0.5) is 0 Å². The van der Waals surface area contributed by atoms with E-state index >= 15 is 0 Å². The van der Waals surface area contributed by atoms with E-state index in [0.29, 0.717) is 24.0 Å². The summed E-state index contributed by atoms with van der Waals surface area (Å²) in [6.07, 6.45) is 4.04. The Hall–Kier alpha value is -3.54. The summed E-state index contributed by atoms with van der Waals surface area (Å²) in [6, 6.07) is 17.3. The molecule has 0 unspecified atom stereocenters. The molecule has 2 atom stereocenters. The Labute approximate surface area is 199 Å². The molecule has 3 aromatic rings. The van der Waals surface area contributed by atoms with Crippen molar-refractivity contribution >= 4 is 11.8 Å². The molecule has 0 radical (unpaired) electrons. The predicted octanol–water partition coefficient (Wildman–Crippen LogP) is 4.67. The van der Waals surface area contributed by atoms with Crippen LogP contribution in [-0.4, -0.2) is 35.9 Å². The Morgan fingerprint density at radius 2 is 2.00 bits per heavy atom. The van der Waals surface area contributed by atoms with Crippen molar-refractivity contribution in [1.29, 1.82) is 0 Å². The number of ether oxygens (including phenoxy) is 1. The fourth-order valence-corrected chi connectivity index (χ4v) is 4.60. The molecule has 1 fully saturated rings. The molecule has 176 valence electrons. The molecule has 1 N–H and O–H groups in total. The SMILES string of the molecule is Cc1cccc([C@H]2c3cc(O[C@H](C)C(=O)NCC4CC4)ccc3CCN2C(=O)c2ccco2)c1. The summed E-state index contributed by atoms with van der Waals surface area (Å²) in [5.74, 6) is 1.33. The standard InChI is InChI=1S/C28H30N2O4/c1-18-5-3-6-22(15-18)26-24-16-23(34-19(2)27(31)29-17-20-8-9-20)11-10-21(24)12-13-30(26)28(32)25-7-4-14-33-25/h3-7,10-11,14-16,19-20,26H,8-9,12-13,17H2,1-2H3,(H,29,31)/t19-,26+/m1/s1. The van der Waals surface area contributed by atoms with Gasteiger partial charge in [0, 0.05) is 13.1 Å². The molecule has 0 saturated heterocycles. The Morgan fingerprint density at radius 3 is 2.74 bits per heavy atom. The van der Waals surface area contributed by atoms with Gasteiger partial charge in [0.15, 0.2) is 11.9 Å². The monoisotopic (exact) mass is 458 g/mol. The quantitative estimate of drug-likeness (QED) is 0.559. The lowest BCUT2D eigenvalue weighted by Gasteiger charge is -2.37. The first-order valence-electron chi connectivity index (χ1n) is 12.0. The van der Waals surface area contributed by atoms with E-state index in [2.05, 4.69) is 23.5 Å². The van der Waals surface area contributed by atoms with Gasteiger partial charge in [0.2, 0.25) is 0 Å². The summed E-state index contributed by atoms with van der Waals surface area (Å²) in [7, 11) is 0. The van der Waals surface area contributed by atoms with E-state index in [1.54, 1.807) is 19.1 Å². The van der Waals surface area contributed by atoms with Crippen molar-refractivity contribution in [3.63, 3.8) is 0 Å². The molecule has 1 aromatic heterocycles. The van der Waals surface area contributed by atoms with Crippen LogP contribution in [0.2, 0.25) is 0 Å². The van der Waals surface area contributed by atoms with E-state index in [9.17, 15) is 9.59 Å². The van der Waals surface area contributed by atoms with Gasteiger partial charge in [-0.15, -0.1) is 0 Å². The van der Waals surface area contributed by atoms with Crippen LogP contribution in [-0.2, 0) is 11.2 Å². The first-order chi connectivity index (χ1) is 16.5. The van der Waals surface area contributed by atoms with Gasteiger partial charge in [-0.05, 0) is 80.0 Å². The summed E-state index contributed by atoms with van der Waals surface area (Å²) >= 11 is 0. The maximum absolute atomic E-state index is 13.4. The maximum Gasteiger partial charge on any atom is 0.290 e. The van der Waals surface area contributed by atoms with Crippen LogP contribution in [0.1, 0.15) is 58.6 Å². The van der Waals surface area contributed by atoms with Gasteiger partial charge >= 0.3 is 0 Å². The summed E-state index contributed by atoms with van der Waals surface area (Å²) < 4.78 is 11.5. The first kappa shape index (κ1) is 22.3. The van der Waals surface area contributed by atoms with Gasteiger partial charge in [0.05, 0.1) is 12.3 Å². The van der Waals surface area contributed by atoms with Crippen LogP contribution in [0.3, 0.4) is 0 Å². The highest BCUT2D eigenvalue weighted by atomic mass is 16.5. The number of aryl methyl sites for hydroxylation is 1.